The van der Waals surface area contributed by atoms with E-state index < -0.39 is 28.0 Å². The van der Waals surface area contributed by atoms with Gasteiger partial charge in [0.1, 0.15) is 5.82 Å². The first-order chi connectivity index (χ1) is 6.47. The summed E-state index contributed by atoms with van der Waals surface area (Å²) in [6.07, 6.45) is 0. The van der Waals surface area contributed by atoms with Gasteiger partial charge in [0.25, 0.3) is 0 Å². The van der Waals surface area contributed by atoms with Gasteiger partial charge in [0.15, 0.2) is 9.84 Å². The Morgan fingerprint density at radius 2 is 2.00 bits per heavy atom. The van der Waals surface area contributed by atoms with Crippen LogP contribution in [0.3, 0.4) is 0 Å². The molecule has 0 heterocycles. The number of nitrogens with two attached hydrogens (primary N) is 1. The average molecular weight is 256 g/mol. The summed E-state index contributed by atoms with van der Waals surface area (Å²) < 4.78 is 35.6. The second-order valence-corrected chi connectivity index (χ2v) is 4.83. The Morgan fingerprint density at radius 1 is 1.40 bits per heavy atom. The average Bonchev–Trinajstić information content (AvgIpc) is 2.09. The van der Waals surface area contributed by atoms with E-state index in [9.17, 15) is 12.8 Å². The first kappa shape index (κ1) is 14.2. The lowest BCUT2D eigenvalue weighted by atomic mass is 10.3. The van der Waals surface area contributed by atoms with E-state index in [1.807, 2.05) is 0 Å². The topological polar surface area (TPSA) is 80.4 Å². The van der Waals surface area contributed by atoms with Crippen molar-refractivity contribution in [1.82, 2.24) is 0 Å². The van der Waals surface area contributed by atoms with E-state index in [4.69, 9.17) is 10.8 Å². The molecule has 86 valence electrons. The summed E-state index contributed by atoms with van der Waals surface area (Å²) in [6, 6.07) is 3.24. The van der Waals surface area contributed by atoms with E-state index in [0.717, 1.165) is 6.07 Å². The molecule has 0 saturated carbocycles. The molecule has 7 heteroatoms. The van der Waals surface area contributed by atoms with E-state index in [2.05, 4.69) is 0 Å². The zero-order valence-electron chi connectivity index (χ0n) is 7.68. The van der Waals surface area contributed by atoms with Crippen LogP contribution in [-0.4, -0.2) is 25.9 Å². The second-order valence-electron chi connectivity index (χ2n) is 2.73. The van der Waals surface area contributed by atoms with Gasteiger partial charge < -0.3 is 10.8 Å². The zero-order chi connectivity index (χ0) is 10.8. The third-order valence-corrected chi connectivity index (χ3v) is 3.38. The largest absolute Gasteiger partial charge is 0.396 e. The Kier molecular flexibility index (Phi) is 4.99. The molecule has 0 spiro atoms. The van der Waals surface area contributed by atoms with Crippen LogP contribution in [0.1, 0.15) is 0 Å². The van der Waals surface area contributed by atoms with Crippen LogP contribution in [0.25, 0.3) is 0 Å². The third kappa shape index (κ3) is 3.33. The van der Waals surface area contributed by atoms with Crippen molar-refractivity contribution in [2.45, 2.75) is 4.90 Å². The monoisotopic (exact) mass is 255 g/mol. The van der Waals surface area contributed by atoms with Crippen LogP contribution in [0.15, 0.2) is 23.1 Å². The highest BCUT2D eigenvalue weighted by Gasteiger charge is 2.14. The van der Waals surface area contributed by atoms with Crippen molar-refractivity contribution in [2.24, 2.45) is 0 Å². The van der Waals surface area contributed by atoms with Crippen molar-refractivity contribution < 1.29 is 17.9 Å². The van der Waals surface area contributed by atoms with Gasteiger partial charge in [-0.05, 0) is 18.2 Å². The summed E-state index contributed by atoms with van der Waals surface area (Å²) >= 11 is 0. The number of benzene rings is 1. The van der Waals surface area contributed by atoms with Gasteiger partial charge in [-0.15, -0.1) is 12.4 Å². The standard InChI is InChI=1S/C8H10FNO3S.ClH/c9-7-5-6(1-2-8(7)10)14(12,13)4-3-11;/h1-2,5,11H,3-4,10H2;1H. The molecule has 3 N–H and O–H groups in total. The predicted octanol–water partition coefficient (Wildman–Crippen LogP) is 0.596. The number of nitrogen functional groups attached to an aromatic ring is 1. The summed E-state index contributed by atoms with van der Waals surface area (Å²) in [5, 5.41) is 8.49. The van der Waals surface area contributed by atoms with Gasteiger partial charge in [-0.25, -0.2) is 12.8 Å². The summed E-state index contributed by atoms with van der Waals surface area (Å²) in [5.74, 6) is -1.19. The van der Waals surface area contributed by atoms with Gasteiger partial charge in [-0.2, -0.15) is 0 Å². The first-order valence-corrected chi connectivity index (χ1v) is 5.51. The summed E-state index contributed by atoms with van der Waals surface area (Å²) in [7, 11) is -3.60. The molecule has 1 aromatic rings. The number of aliphatic hydroxyl groups excluding tert-OH is 1. The number of halogens is 2. The Hall–Kier alpha value is -0.850. The molecule has 0 atom stereocenters. The molecule has 0 radical (unpaired) electrons. The Balaban J connectivity index is 0.00000196. The zero-order valence-corrected chi connectivity index (χ0v) is 9.31. The lowest BCUT2D eigenvalue weighted by Crippen LogP contribution is -2.10. The molecule has 4 nitrogen and oxygen atoms in total. The normalized spacial score (nSPS) is 10.8. The fourth-order valence-corrected chi connectivity index (χ4v) is 1.97. The highest BCUT2D eigenvalue weighted by atomic mass is 35.5. The van der Waals surface area contributed by atoms with E-state index in [1.54, 1.807) is 0 Å². The van der Waals surface area contributed by atoms with Gasteiger partial charge in [-0.1, -0.05) is 0 Å². The third-order valence-electron chi connectivity index (χ3n) is 1.69. The maximum atomic E-state index is 12.9. The van der Waals surface area contributed by atoms with Crippen molar-refractivity contribution in [1.29, 1.82) is 0 Å². The first-order valence-electron chi connectivity index (χ1n) is 3.86. The molecular formula is C8H11ClFNO3S. The molecule has 0 saturated heterocycles. The maximum Gasteiger partial charge on any atom is 0.180 e. The lowest BCUT2D eigenvalue weighted by molar-refractivity contribution is 0.319. The van der Waals surface area contributed by atoms with Crippen molar-refractivity contribution in [2.75, 3.05) is 18.1 Å². The Bertz CT molecular complexity index is 436. The van der Waals surface area contributed by atoms with Crippen LogP contribution in [0, 0.1) is 5.82 Å². The molecule has 15 heavy (non-hydrogen) atoms. The summed E-state index contributed by atoms with van der Waals surface area (Å²) in [5.41, 5.74) is 5.08. The molecular weight excluding hydrogens is 245 g/mol. The fourth-order valence-electron chi connectivity index (χ4n) is 0.939. The fraction of sp³-hybridized carbons (Fsp3) is 0.250. The van der Waals surface area contributed by atoms with Gasteiger partial charge in [0.2, 0.25) is 0 Å². The summed E-state index contributed by atoms with van der Waals surface area (Å²) in [4.78, 5) is -0.168. The molecule has 0 fully saturated rings. The Morgan fingerprint density at radius 3 is 2.47 bits per heavy atom. The van der Waals surface area contributed by atoms with E-state index in [-0.39, 0.29) is 23.0 Å². The van der Waals surface area contributed by atoms with Gasteiger partial charge in [-0.3, -0.25) is 0 Å². The quantitative estimate of drug-likeness (QED) is 0.775. The van der Waals surface area contributed by atoms with Crippen molar-refractivity contribution in [3.63, 3.8) is 0 Å². The number of hydrogen-bond donors (Lipinski definition) is 2. The molecule has 0 aliphatic rings. The number of anilines is 1. The smallest absolute Gasteiger partial charge is 0.180 e. The van der Waals surface area contributed by atoms with Crippen LogP contribution in [-0.2, 0) is 9.84 Å². The molecule has 0 amide bonds. The van der Waals surface area contributed by atoms with Crippen molar-refractivity contribution >= 4 is 27.9 Å². The minimum atomic E-state index is -3.60. The molecule has 0 aliphatic carbocycles. The molecule has 0 unspecified atom stereocenters. The van der Waals surface area contributed by atoms with Crippen LogP contribution >= 0.6 is 12.4 Å². The Labute approximate surface area is 93.2 Å². The molecule has 1 aromatic carbocycles. The van der Waals surface area contributed by atoms with Crippen molar-refractivity contribution in [3.05, 3.63) is 24.0 Å². The maximum absolute atomic E-state index is 12.9. The van der Waals surface area contributed by atoms with Crippen LogP contribution in [0.4, 0.5) is 10.1 Å². The van der Waals surface area contributed by atoms with Gasteiger partial charge in [0, 0.05) is 0 Å². The molecule has 0 bridgehead atoms. The lowest BCUT2D eigenvalue weighted by Gasteiger charge is -2.03. The predicted molar refractivity (Wildman–Crippen MR) is 57.2 cm³/mol. The van der Waals surface area contributed by atoms with Crippen molar-refractivity contribution in [3.8, 4) is 0 Å². The molecule has 0 aliphatic heterocycles. The van der Waals surface area contributed by atoms with E-state index in [1.165, 1.54) is 12.1 Å². The minimum Gasteiger partial charge on any atom is -0.396 e. The van der Waals surface area contributed by atoms with Crippen LogP contribution in [0.2, 0.25) is 0 Å². The SMILES string of the molecule is Cl.Nc1ccc(S(=O)(=O)CCO)cc1F. The van der Waals surface area contributed by atoms with E-state index >= 15 is 0 Å². The molecule has 0 aromatic heterocycles. The number of hydrogen-bond acceptors (Lipinski definition) is 4. The highest BCUT2D eigenvalue weighted by Crippen LogP contribution is 2.17. The number of rotatable bonds is 3. The molecule has 1 rings (SSSR count). The highest BCUT2D eigenvalue weighted by molar-refractivity contribution is 7.91. The van der Waals surface area contributed by atoms with E-state index in [0.29, 0.717) is 0 Å². The summed E-state index contributed by atoms with van der Waals surface area (Å²) in [6.45, 7) is -0.492. The van der Waals surface area contributed by atoms with Crippen LogP contribution in [0.5, 0.6) is 0 Å². The second kappa shape index (κ2) is 5.29. The van der Waals surface area contributed by atoms with Gasteiger partial charge in [0.05, 0.1) is 22.9 Å². The number of sulfone groups is 1. The number of aliphatic hydroxyl groups is 1. The minimum absolute atomic E-state index is 0. The van der Waals surface area contributed by atoms with Crippen LogP contribution < -0.4 is 5.73 Å². The van der Waals surface area contributed by atoms with Gasteiger partial charge >= 0.3 is 0 Å².